The van der Waals surface area contributed by atoms with Crippen molar-refractivity contribution >= 4 is 11.3 Å². The van der Waals surface area contributed by atoms with Gasteiger partial charge in [0.05, 0.1) is 16.8 Å². The van der Waals surface area contributed by atoms with Crippen molar-refractivity contribution in [3.8, 4) is 11.3 Å². The lowest BCUT2D eigenvalue weighted by atomic mass is 9.96. The van der Waals surface area contributed by atoms with Crippen molar-refractivity contribution in [1.29, 1.82) is 0 Å². The molecule has 1 aliphatic heterocycles. The Hall–Kier alpha value is -3.18. The molecule has 0 spiro atoms. The maximum absolute atomic E-state index is 3.75. The Balaban J connectivity index is 0.00000304. The predicted octanol–water partition coefficient (Wildman–Crippen LogP) is 3.44. The molecule has 0 saturated heterocycles. The van der Waals surface area contributed by atoms with Gasteiger partial charge in [0.15, 0.2) is 0 Å². The first kappa shape index (κ1) is 25.9. The maximum atomic E-state index is 3.75. The summed E-state index contributed by atoms with van der Waals surface area (Å²) in [6.07, 6.45) is 4.42. The highest BCUT2D eigenvalue weighted by Gasteiger charge is 2.24. The van der Waals surface area contributed by atoms with Gasteiger partial charge in [-0.3, -0.25) is 0 Å². The summed E-state index contributed by atoms with van der Waals surface area (Å²) in [6.45, 7) is 13.1. The second-order valence-corrected chi connectivity index (χ2v) is 9.86. The molecule has 36 heavy (non-hydrogen) atoms. The van der Waals surface area contributed by atoms with Gasteiger partial charge < -0.3 is 29.0 Å². The van der Waals surface area contributed by atoms with Crippen molar-refractivity contribution < 1.29 is 29.0 Å². The summed E-state index contributed by atoms with van der Waals surface area (Å²) in [5, 5.41) is 0. The first-order chi connectivity index (χ1) is 16.8. The van der Waals surface area contributed by atoms with Crippen molar-refractivity contribution in [2.75, 3.05) is 0 Å². The molecule has 0 aliphatic carbocycles. The summed E-state index contributed by atoms with van der Waals surface area (Å²) in [4.78, 5) is 7.50. The third kappa shape index (κ3) is 4.90. The van der Waals surface area contributed by atoms with Crippen LogP contribution in [0.2, 0.25) is 0 Å². The molecule has 0 saturated carbocycles. The molecule has 2 nitrogen and oxygen atoms in total. The van der Waals surface area contributed by atoms with E-state index in [0.29, 0.717) is 0 Å². The summed E-state index contributed by atoms with van der Waals surface area (Å²) >= 11 is 0. The number of aryl methyl sites for hydroxylation is 6. The normalized spacial score (nSPS) is 14.0. The fourth-order valence-corrected chi connectivity index (χ4v) is 5.64. The van der Waals surface area contributed by atoms with E-state index in [1.165, 1.54) is 55.6 Å². The summed E-state index contributed by atoms with van der Waals surface area (Å²) in [5.41, 5.74) is 17.2. The monoisotopic (exact) mass is 584 g/mol. The van der Waals surface area contributed by atoms with Gasteiger partial charge in [-0.05, 0) is 81.5 Å². The van der Waals surface area contributed by atoms with E-state index in [0.717, 1.165) is 22.8 Å². The number of H-pyrrole nitrogens is 1. The summed E-state index contributed by atoms with van der Waals surface area (Å²) in [5.74, 6) is 0. The number of nitrogens with one attached hydrogen (secondary N) is 2. The number of halogens is 1. The average Bonchev–Trinajstić information content (AvgIpc) is 3.44. The van der Waals surface area contributed by atoms with E-state index in [1.54, 1.807) is 0 Å². The molecule has 0 atom stereocenters. The predicted molar refractivity (Wildman–Crippen MR) is 148 cm³/mol. The second-order valence-electron chi connectivity index (χ2n) is 9.86. The molecule has 3 aromatic carbocycles. The smallest absolute Gasteiger partial charge is 0.214 e. The lowest BCUT2D eigenvalue weighted by Gasteiger charge is -2.10. The van der Waals surface area contributed by atoms with Gasteiger partial charge in [0.2, 0.25) is 11.4 Å². The third-order valence-electron chi connectivity index (χ3n) is 6.87. The molecule has 4 aromatic rings. The van der Waals surface area contributed by atoms with E-state index >= 15 is 0 Å². The Morgan fingerprint density at radius 1 is 0.639 bits per heavy atom. The molecule has 2 N–H and O–H groups in total. The molecule has 1 aromatic heterocycles. The molecule has 0 amide bonds. The Morgan fingerprint density at radius 2 is 1.19 bits per heavy atom. The van der Waals surface area contributed by atoms with Crippen molar-refractivity contribution in [2.45, 2.75) is 41.5 Å². The maximum Gasteiger partial charge on any atom is 0.214 e. The van der Waals surface area contributed by atoms with Gasteiger partial charge in [-0.15, -0.1) is 0 Å². The number of aromatic nitrogens is 1. The Labute approximate surface area is 231 Å². The topological polar surface area (TPSA) is 29.8 Å². The Bertz CT molecular complexity index is 1490. The molecule has 1 aliphatic rings. The molecule has 182 valence electrons. The van der Waals surface area contributed by atoms with E-state index in [1.807, 2.05) is 0 Å². The van der Waals surface area contributed by atoms with Crippen LogP contribution in [0.4, 0.5) is 0 Å². The standard InChI is InChI=1S/C33H32N2.HI/c1-20-16-22(3)31(23(4)17-20)27-12-14-29(34-27)33(26-10-8-7-9-11-26)30-15-13-28(35-30)32-24(5)18-21(2)19-25(32)6;/h7-19,34H,1-6H3;1H/b33-30-;. The first-order valence-corrected chi connectivity index (χ1v) is 12.3. The third-order valence-corrected chi connectivity index (χ3v) is 6.87. The van der Waals surface area contributed by atoms with Crippen molar-refractivity contribution in [1.82, 2.24) is 4.98 Å². The molecular formula is C33H33IN2. The van der Waals surface area contributed by atoms with Crippen molar-refractivity contribution in [2.24, 2.45) is 0 Å². The lowest BCUT2D eigenvalue weighted by molar-refractivity contribution is -0.384. The zero-order chi connectivity index (χ0) is 24.7. The fraction of sp³-hybridized carbons (Fsp3) is 0.182. The van der Waals surface area contributed by atoms with Crippen LogP contribution in [-0.2, 0) is 0 Å². The second kappa shape index (κ2) is 10.4. The Kier molecular flexibility index (Phi) is 7.51. The van der Waals surface area contributed by atoms with Crippen LogP contribution in [0.5, 0.6) is 0 Å². The van der Waals surface area contributed by atoms with Crippen LogP contribution in [-0.4, -0.2) is 10.7 Å². The van der Waals surface area contributed by atoms with Crippen LogP contribution in [0.25, 0.3) is 16.8 Å². The minimum Gasteiger partial charge on any atom is -1.00 e. The van der Waals surface area contributed by atoms with Crippen molar-refractivity contribution in [3.05, 3.63) is 135 Å². The number of hydrogen-bond acceptors (Lipinski definition) is 0. The summed E-state index contributed by atoms with van der Waals surface area (Å²) in [7, 11) is 0. The van der Waals surface area contributed by atoms with E-state index < -0.39 is 0 Å². The highest BCUT2D eigenvalue weighted by Crippen LogP contribution is 2.32. The van der Waals surface area contributed by atoms with Gasteiger partial charge >= 0.3 is 0 Å². The zero-order valence-corrected chi connectivity index (χ0v) is 24.0. The minimum absolute atomic E-state index is 0. The largest absolute Gasteiger partial charge is 1.00 e. The molecule has 2 heterocycles. The Morgan fingerprint density at radius 3 is 1.78 bits per heavy atom. The molecule has 0 unspecified atom stereocenters. The van der Waals surface area contributed by atoms with Gasteiger partial charge in [0.25, 0.3) is 0 Å². The molecule has 0 fully saturated rings. The van der Waals surface area contributed by atoms with Crippen LogP contribution in [0.3, 0.4) is 0 Å². The van der Waals surface area contributed by atoms with Gasteiger partial charge in [-0.2, -0.15) is 0 Å². The van der Waals surface area contributed by atoms with Crippen molar-refractivity contribution in [3.63, 3.8) is 0 Å². The molecular weight excluding hydrogens is 551 g/mol. The van der Waals surface area contributed by atoms with Crippen LogP contribution in [0.15, 0.2) is 84.6 Å². The van der Waals surface area contributed by atoms with Gasteiger partial charge in [0, 0.05) is 23.4 Å². The van der Waals surface area contributed by atoms with Gasteiger partial charge in [0.1, 0.15) is 0 Å². The quantitative estimate of drug-likeness (QED) is 0.345. The van der Waals surface area contributed by atoms with Gasteiger partial charge in [-0.25, -0.2) is 4.99 Å². The van der Waals surface area contributed by atoms with E-state index in [-0.39, 0.29) is 24.0 Å². The number of aromatic amines is 1. The molecule has 3 heteroatoms. The van der Waals surface area contributed by atoms with Gasteiger partial charge in [-0.1, -0.05) is 65.7 Å². The molecule has 0 radical (unpaired) electrons. The van der Waals surface area contributed by atoms with E-state index in [4.69, 9.17) is 0 Å². The minimum atomic E-state index is 0. The van der Waals surface area contributed by atoms with Crippen LogP contribution >= 0.6 is 0 Å². The van der Waals surface area contributed by atoms with E-state index in [9.17, 15) is 0 Å². The lowest BCUT2D eigenvalue weighted by Crippen LogP contribution is -3.00. The SMILES string of the molecule is Cc1cc(C)c(C2=[NH+]/C(=C(/c3ccccc3)c3ccc(-c4c(C)cc(C)cc4C)[nH]3)C=C2)c(C)c1.[I-]. The average molecular weight is 585 g/mol. The van der Waals surface area contributed by atoms with E-state index in [2.05, 4.69) is 130 Å². The first-order valence-electron chi connectivity index (χ1n) is 12.3. The van der Waals surface area contributed by atoms with Crippen LogP contribution in [0.1, 0.15) is 50.2 Å². The highest BCUT2D eigenvalue weighted by atomic mass is 127. The number of rotatable bonds is 4. The number of benzene rings is 3. The number of allylic oxidation sites excluding steroid dienone is 2. The molecule has 5 rings (SSSR count). The summed E-state index contributed by atoms with van der Waals surface area (Å²) < 4.78 is 0. The molecule has 0 bridgehead atoms. The summed E-state index contributed by atoms with van der Waals surface area (Å²) in [6, 6.07) is 24.1. The van der Waals surface area contributed by atoms with Crippen LogP contribution in [0, 0.1) is 41.5 Å². The fourth-order valence-electron chi connectivity index (χ4n) is 5.64. The number of hydrogen-bond donors (Lipinski definition) is 2. The van der Waals surface area contributed by atoms with Crippen LogP contribution < -0.4 is 29.0 Å². The highest BCUT2D eigenvalue weighted by molar-refractivity contribution is 6.08. The zero-order valence-electron chi connectivity index (χ0n) is 21.9.